The number of furan rings is 1. The minimum atomic E-state index is -0.474. The molecule has 126 valence electrons. The van der Waals surface area contributed by atoms with E-state index in [4.69, 9.17) is 16.0 Å². The van der Waals surface area contributed by atoms with Crippen LogP contribution in [0.2, 0.25) is 5.02 Å². The van der Waals surface area contributed by atoms with Gasteiger partial charge in [0.05, 0.1) is 25.9 Å². The first-order chi connectivity index (χ1) is 11.5. The normalized spacial score (nSPS) is 10.0. The average Bonchev–Trinajstić information content (AvgIpc) is 3.09. The summed E-state index contributed by atoms with van der Waals surface area (Å²) in [5.41, 5.74) is 0.353. The summed E-state index contributed by atoms with van der Waals surface area (Å²) in [7, 11) is 0. The smallest absolute Gasteiger partial charge is 0.251 e. The van der Waals surface area contributed by atoms with E-state index in [1.165, 1.54) is 12.3 Å². The summed E-state index contributed by atoms with van der Waals surface area (Å²) in [5.74, 6) is -0.641. The van der Waals surface area contributed by atoms with Crippen molar-refractivity contribution in [2.45, 2.75) is 6.54 Å². The fourth-order valence-corrected chi connectivity index (χ4v) is 1.99. The highest BCUT2D eigenvalue weighted by Gasteiger charge is 2.09. The van der Waals surface area contributed by atoms with Crippen molar-refractivity contribution in [3.8, 4) is 0 Å². The van der Waals surface area contributed by atoms with Gasteiger partial charge in [0.2, 0.25) is 11.8 Å². The lowest BCUT2D eigenvalue weighted by Gasteiger charge is -2.07. The monoisotopic (exact) mass is 349 g/mol. The van der Waals surface area contributed by atoms with E-state index in [1.54, 1.807) is 30.3 Å². The van der Waals surface area contributed by atoms with Gasteiger partial charge in [0.25, 0.3) is 5.91 Å². The molecule has 7 nitrogen and oxygen atoms in total. The number of halogens is 1. The Kier molecular flexibility index (Phi) is 6.39. The number of nitrogens with one attached hydrogen (secondary N) is 3. The van der Waals surface area contributed by atoms with Crippen molar-refractivity contribution in [2.75, 3.05) is 13.1 Å². The molecule has 1 heterocycles. The maximum absolute atomic E-state index is 11.8. The topological polar surface area (TPSA) is 100 Å². The van der Waals surface area contributed by atoms with Gasteiger partial charge in [-0.2, -0.15) is 0 Å². The summed E-state index contributed by atoms with van der Waals surface area (Å²) in [6.45, 7) is -0.184. The zero-order valence-electron chi connectivity index (χ0n) is 12.7. The van der Waals surface area contributed by atoms with Gasteiger partial charge >= 0.3 is 0 Å². The second-order valence-electron chi connectivity index (χ2n) is 4.83. The van der Waals surface area contributed by atoms with Crippen molar-refractivity contribution < 1.29 is 18.8 Å². The Balaban J connectivity index is 1.65. The lowest BCUT2D eigenvalue weighted by atomic mass is 10.2. The molecular weight excluding hydrogens is 334 g/mol. The van der Waals surface area contributed by atoms with Gasteiger partial charge < -0.3 is 20.4 Å². The first-order valence-corrected chi connectivity index (χ1v) is 7.52. The minimum absolute atomic E-state index is 0.188. The Bertz CT molecular complexity index is 716. The zero-order chi connectivity index (χ0) is 17.4. The molecule has 1 aromatic carbocycles. The zero-order valence-corrected chi connectivity index (χ0v) is 13.4. The molecule has 24 heavy (non-hydrogen) atoms. The van der Waals surface area contributed by atoms with E-state index >= 15 is 0 Å². The van der Waals surface area contributed by atoms with Crippen molar-refractivity contribution in [3.05, 3.63) is 59.0 Å². The second kappa shape index (κ2) is 8.73. The highest BCUT2D eigenvalue weighted by atomic mass is 35.5. The highest BCUT2D eigenvalue weighted by molar-refractivity contribution is 6.30. The Morgan fingerprint density at radius 3 is 2.42 bits per heavy atom. The maximum atomic E-state index is 11.8. The number of rotatable bonds is 7. The predicted molar refractivity (Wildman–Crippen MR) is 87.3 cm³/mol. The van der Waals surface area contributed by atoms with Crippen LogP contribution in [0.5, 0.6) is 0 Å². The van der Waals surface area contributed by atoms with Gasteiger partial charge in [0.1, 0.15) is 5.76 Å². The van der Waals surface area contributed by atoms with Gasteiger partial charge in [0, 0.05) is 10.6 Å². The van der Waals surface area contributed by atoms with Gasteiger partial charge in [0.15, 0.2) is 0 Å². The fraction of sp³-hybridized carbons (Fsp3) is 0.188. The summed E-state index contributed by atoms with van der Waals surface area (Å²) in [5, 5.41) is 7.87. The third-order valence-corrected chi connectivity index (χ3v) is 3.22. The van der Waals surface area contributed by atoms with Crippen molar-refractivity contribution in [2.24, 2.45) is 0 Å². The van der Waals surface area contributed by atoms with Crippen LogP contribution in [0.15, 0.2) is 47.1 Å². The van der Waals surface area contributed by atoms with Gasteiger partial charge in [-0.15, -0.1) is 0 Å². The summed E-state index contributed by atoms with van der Waals surface area (Å²) < 4.78 is 5.07. The number of carbonyl (C=O) groups is 3. The number of carbonyl (C=O) groups excluding carboxylic acids is 3. The van der Waals surface area contributed by atoms with Crippen LogP contribution in [0.25, 0.3) is 0 Å². The molecule has 0 aliphatic rings. The van der Waals surface area contributed by atoms with Crippen molar-refractivity contribution >= 4 is 29.3 Å². The van der Waals surface area contributed by atoms with Crippen LogP contribution < -0.4 is 16.0 Å². The van der Waals surface area contributed by atoms with Crippen molar-refractivity contribution in [1.82, 2.24) is 16.0 Å². The van der Waals surface area contributed by atoms with E-state index in [0.717, 1.165) is 0 Å². The summed E-state index contributed by atoms with van der Waals surface area (Å²) in [4.78, 5) is 35.0. The quantitative estimate of drug-likeness (QED) is 0.696. The molecule has 0 aliphatic heterocycles. The SMILES string of the molecule is O=C(CNC(=O)CNC(=O)c1cccc(Cl)c1)NCc1ccco1. The molecular formula is C16H16ClN3O4. The molecule has 0 aliphatic carbocycles. The molecule has 1 aromatic heterocycles. The number of hydrogen-bond donors (Lipinski definition) is 3. The summed E-state index contributed by atoms with van der Waals surface area (Å²) in [6.07, 6.45) is 1.51. The lowest BCUT2D eigenvalue weighted by Crippen LogP contribution is -2.41. The summed E-state index contributed by atoms with van der Waals surface area (Å²) >= 11 is 5.79. The second-order valence-corrected chi connectivity index (χ2v) is 5.26. The molecule has 0 atom stereocenters. The van der Waals surface area contributed by atoms with Crippen LogP contribution in [0.4, 0.5) is 0 Å². The van der Waals surface area contributed by atoms with Crippen molar-refractivity contribution in [1.29, 1.82) is 0 Å². The maximum Gasteiger partial charge on any atom is 0.251 e. The van der Waals surface area contributed by atoms with E-state index in [2.05, 4.69) is 16.0 Å². The largest absolute Gasteiger partial charge is 0.467 e. The first-order valence-electron chi connectivity index (χ1n) is 7.14. The highest BCUT2D eigenvalue weighted by Crippen LogP contribution is 2.10. The fourth-order valence-electron chi connectivity index (χ4n) is 1.80. The van der Waals surface area contributed by atoms with Crippen molar-refractivity contribution in [3.63, 3.8) is 0 Å². The van der Waals surface area contributed by atoms with Crippen LogP contribution in [-0.2, 0) is 16.1 Å². The Morgan fingerprint density at radius 2 is 1.71 bits per heavy atom. The van der Waals surface area contributed by atoms with Gasteiger partial charge in [-0.3, -0.25) is 14.4 Å². The first kappa shape index (κ1) is 17.6. The van der Waals surface area contributed by atoms with Crippen LogP contribution in [-0.4, -0.2) is 30.8 Å². The molecule has 8 heteroatoms. The molecule has 2 aromatic rings. The summed E-state index contributed by atoms with van der Waals surface area (Å²) in [6, 6.07) is 9.81. The molecule has 0 saturated carbocycles. The molecule has 3 amide bonds. The molecule has 0 radical (unpaired) electrons. The van der Waals surface area contributed by atoms with Crippen LogP contribution in [0.3, 0.4) is 0 Å². The minimum Gasteiger partial charge on any atom is -0.467 e. The molecule has 3 N–H and O–H groups in total. The molecule has 0 saturated heterocycles. The van der Waals surface area contributed by atoms with E-state index in [0.29, 0.717) is 16.3 Å². The van der Waals surface area contributed by atoms with Crippen LogP contribution >= 0.6 is 11.6 Å². The van der Waals surface area contributed by atoms with Gasteiger partial charge in [-0.25, -0.2) is 0 Å². The number of amides is 3. The Morgan fingerprint density at radius 1 is 0.958 bits per heavy atom. The van der Waals surface area contributed by atoms with E-state index in [1.807, 2.05) is 0 Å². The Hall–Kier alpha value is -2.80. The van der Waals surface area contributed by atoms with E-state index < -0.39 is 11.8 Å². The third kappa shape index (κ3) is 5.77. The standard InChI is InChI=1S/C16H16ClN3O4/c17-12-4-1-3-11(7-12)16(23)20-10-15(22)19-9-14(21)18-8-13-5-2-6-24-13/h1-7H,8-10H2,(H,18,21)(H,19,22)(H,20,23). The lowest BCUT2D eigenvalue weighted by molar-refractivity contribution is -0.125. The number of benzene rings is 1. The Labute approximate surface area is 143 Å². The molecule has 0 fully saturated rings. The van der Waals surface area contributed by atoms with Gasteiger partial charge in [-0.1, -0.05) is 17.7 Å². The molecule has 0 bridgehead atoms. The molecule has 2 rings (SSSR count). The van der Waals surface area contributed by atoms with E-state index in [-0.39, 0.29) is 25.5 Å². The van der Waals surface area contributed by atoms with Crippen LogP contribution in [0, 0.1) is 0 Å². The van der Waals surface area contributed by atoms with Gasteiger partial charge in [-0.05, 0) is 30.3 Å². The average molecular weight is 350 g/mol. The van der Waals surface area contributed by atoms with E-state index in [9.17, 15) is 14.4 Å². The molecule has 0 spiro atoms. The van der Waals surface area contributed by atoms with Crippen LogP contribution in [0.1, 0.15) is 16.1 Å². The third-order valence-electron chi connectivity index (χ3n) is 2.98. The number of hydrogen-bond acceptors (Lipinski definition) is 4. The molecule has 0 unspecified atom stereocenters. The predicted octanol–water partition coefficient (Wildman–Crippen LogP) is 1.10.